The molecular weight excluding hydrogens is 436 g/mol. The molecule has 0 bridgehead atoms. The molecule has 176 valence electrons. The van der Waals surface area contributed by atoms with Crippen molar-refractivity contribution in [1.82, 2.24) is 9.21 Å². The fraction of sp³-hybridized carbons (Fsp3) is 0.440. The van der Waals surface area contributed by atoms with Crippen molar-refractivity contribution in [3.05, 3.63) is 58.7 Å². The third-order valence-electron chi connectivity index (χ3n) is 6.40. The van der Waals surface area contributed by atoms with Crippen molar-refractivity contribution in [2.45, 2.75) is 39.0 Å². The second-order valence-electron chi connectivity index (χ2n) is 8.56. The largest absolute Gasteiger partial charge is 0.310 e. The molecule has 1 fully saturated rings. The van der Waals surface area contributed by atoms with Crippen molar-refractivity contribution in [1.29, 1.82) is 5.26 Å². The minimum atomic E-state index is -3.62. The van der Waals surface area contributed by atoms with Gasteiger partial charge in [-0.15, -0.1) is 0 Å². The van der Waals surface area contributed by atoms with Gasteiger partial charge < -0.3 is 4.90 Å². The first kappa shape index (κ1) is 24.9. The maximum absolute atomic E-state index is 13.5. The number of para-hydroxylation sites is 1. The van der Waals surface area contributed by atoms with Gasteiger partial charge in [0, 0.05) is 38.4 Å². The Kier molecular flexibility index (Phi) is 7.90. The summed E-state index contributed by atoms with van der Waals surface area (Å²) >= 11 is 0. The summed E-state index contributed by atoms with van der Waals surface area (Å²) in [5.74, 6) is -0.0891. The first-order valence-electron chi connectivity index (χ1n) is 11.2. The molecule has 2 aromatic rings. The maximum Gasteiger partial charge on any atom is 0.243 e. The summed E-state index contributed by atoms with van der Waals surface area (Å²) < 4.78 is 28.5. The lowest BCUT2D eigenvalue weighted by Crippen LogP contribution is -2.51. The molecule has 0 spiro atoms. The number of aryl methyl sites for hydroxylation is 2. The Morgan fingerprint density at radius 1 is 1.00 bits per heavy atom. The number of carbonyl (C=O) groups is 1. The number of anilines is 1. The van der Waals surface area contributed by atoms with Crippen LogP contribution in [-0.4, -0.2) is 62.8 Å². The molecule has 0 N–H and O–H groups in total. The molecule has 33 heavy (non-hydrogen) atoms. The van der Waals surface area contributed by atoms with E-state index in [-0.39, 0.29) is 18.9 Å². The fourth-order valence-corrected chi connectivity index (χ4v) is 6.27. The standard InChI is InChI=1S/C25H32N4O3S/c1-19-17-20(2)22(4)25(21(19)3)33(31,32)28-15-13-27(14-16-28)18-24(30)29(12-8-11-26)23-9-6-5-7-10-23/h5-7,9-10,17H,8,12-16,18H2,1-4H3. The molecule has 1 aliphatic heterocycles. The number of carbonyl (C=O) groups excluding carboxylic acids is 1. The van der Waals surface area contributed by atoms with E-state index in [1.807, 2.05) is 69.0 Å². The molecule has 0 atom stereocenters. The summed E-state index contributed by atoms with van der Waals surface area (Å²) in [6.45, 7) is 9.77. The molecule has 7 nitrogen and oxygen atoms in total. The Bertz CT molecular complexity index is 1120. The highest BCUT2D eigenvalue weighted by molar-refractivity contribution is 7.89. The van der Waals surface area contributed by atoms with Gasteiger partial charge in [-0.3, -0.25) is 9.69 Å². The van der Waals surface area contributed by atoms with E-state index >= 15 is 0 Å². The van der Waals surface area contributed by atoms with Crippen molar-refractivity contribution in [2.24, 2.45) is 0 Å². The number of nitriles is 1. The zero-order valence-electron chi connectivity index (χ0n) is 19.8. The molecular formula is C25H32N4O3S. The van der Waals surface area contributed by atoms with Gasteiger partial charge in [0.05, 0.1) is 23.9 Å². The molecule has 1 aliphatic rings. The van der Waals surface area contributed by atoms with E-state index in [1.54, 1.807) is 4.90 Å². The third-order valence-corrected chi connectivity index (χ3v) is 8.57. The first-order valence-corrected chi connectivity index (χ1v) is 12.6. The summed E-state index contributed by atoms with van der Waals surface area (Å²) in [6.07, 6.45) is 0.251. The van der Waals surface area contributed by atoms with Gasteiger partial charge in [-0.2, -0.15) is 9.57 Å². The van der Waals surface area contributed by atoms with Crippen LogP contribution in [0.2, 0.25) is 0 Å². The number of amides is 1. The Morgan fingerprint density at radius 2 is 1.58 bits per heavy atom. The third kappa shape index (κ3) is 5.44. The molecule has 3 rings (SSSR count). The van der Waals surface area contributed by atoms with Crippen LogP contribution in [0.25, 0.3) is 0 Å². The van der Waals surface area contributed by atoms with Crippen LogP contribution in [0.1, 0.15) is 28.7 Å². The quantitative estimate of drug-likeness (QED) is 0.623. The molecule has 0 aliphatic carbocycles. The summed E-state index contributed by atoms with van der Waals surface area (Å²) in [4.78, 5) is 17.1. The average Bonchev–Trinajstić information content (AvgIpc) is 2.79. The molecule has 0 saturated carbocycles. The van der Waals surface area contributed by atoms with Crippen LogP contribution < -0.4 is 4.90 Å². The van der Waals surface area contributed by atoms with Crippen LogP contribution in [0.5, 0.6) is 0 Å². The minimum Gasteiger partial charge on any atom is -0.310 e. The Morgan fingerprint density at radius 3 is 2.12 bits per heavy atom. The molecule has 1 heterocycles. The van der Waals surface area contributed by atoms with E-state index in [0.717, 1.165) is 27.9 Å². The monoisotopic (exact) mass is 468 g/mol. The van der Waals surface area contributed by atoms with E-state index in [9.17, 15) is 13.2 Å². The predicted molar refractivity (Wildman–Crippen MR) is 130 cm³/mol. The van der Waals surface area contributed by atoms with Gasteiger partial charge in [0.1, 0.15) is 0 Å². The molecule has 0 aromatic heterocycles. The van der Waals surface area contributed by atoms with Gasteiger partial charge in [0.25, 0.3) is 0 Å². The maximum atomic E-state index is 13.5. The lowest BCUT2D eigenvalue weighted by Gasteiger charge is -2.35. The zero-order chi connectivity index (χ0) is 24.2. The van der Waals surface area contributed by atoms with Crippen molar-refractivity contribution in [3.63, 3.8) is 0 Å². The van der Waals surface area contributed by atoms with Crippen LogP contribution in [0, 0.1) is 39.0 Å². The average molecular weight is 469 g/mol. The van der Waals surface area contributed by atoms with Gasteiger partial charge >= 0.3 is 0 Å². The van der Waals surface area contributed by atoms with E-state index in [1.165, 1.54) is 4.31 Å². The molecule has 1 amide bonds. The number of rotatable bonds is 7. The number of nitrogens with zero attached hydrogens (tertiary/aromatic N) is 4. The fourth-order valence-electron chi connectivity index (χ4n) is 4.27. The highest BCUT2D eigenvalue weighted by Gasteiger charge is 2.32. The van der Waals surface area contributed by atoms with Gasteiger partial charge in [0.15, 0.2) is 0 Å². The van der Waals surface area contributed by atoms with E-state index < -0.39 is 10.0 Å². The lowest BCUT2D eigenvalue weighted by molar-refractivity contribution is -0.120. The SMILES string of the molecule is Cc1cc(C)c(C)c(S(=O)(=O)N2CCN(CC(=O)N(CCC#N)c3ccccc3)CC2)c1C. The van der Waals surface area contributed by atoms with Crippen molar-refractivity contribution in [3.8, 4) is 6.07 Å². The Balaban J connectivity index is 1.70. The van der Waals surface area contributed by atoms with Gasteiger partial charge in [-0.25, -0.2) is 8.42 Å². The molecule has 2 aromatic carbocycles. The number of hydrogen-bond acceptors (Lipinski definition) is 5. The van der Waals surface area contributed by atoms with Crippen LogP contribution >= 0.6 is 0 Å². The summed E-state index contributed by atoms with van der Waals surface area (Å²) in [7, 11) is -3.62. The van der Waals surface area contributed by atoms with Gasteiger partial charge in [0.2, 0.25) is 15.9 Å². The second kappa shape index (κ2) is 10.5. The normalized spacial score (nSPS) is 15.2. The molecule has 1 saturated heterocycles. The molecule has 8 heteroatoms. The van der Waals surface area contributed by atoms with Gasteiger partial charge in [-0.05, 0) is 62.1 Å². The summed E-state index contributed by atoms with van der Waals surface area (Å²) in [6, 6.07) is 13.4. The topological polar surface area (TPSA) is 84.7 Å². The number of hydrogen-bond donors (Lipinski definition) is 0. The molecule has 0 radical (unpaired) electrons. The van der Waals surface area contributed by atoms with Crippen LogP contribution in [0.3, 0.4) is 0 Å². The van der Waals surface area contributed by atoms with E-state index in [4.69, 9.17) is 5.26 Å². The highest BCUT2D eigenvalue weighted by Crippen LogP contribution is 2.29. The van der Waals surface area contributed by atoms with Gasteiger partial charge in [-0.1, -0.05) is 24.3 Å². The zero-order valence-corrected chi connectivity index (χ0v) is 20.7. The van der Waals surface area contributed by atoms with E-state index in [2.05, 4.69) is 6.07 Å². The van der Waals surface area contributed by atoms with Crippen molar-refractivity contribution in [2.75, 3.05) is 44.2 Å². The van der Waals surface area contributed by atoms with Crippen LogP contribution in [0.15, 0.2) is 41.3 Å². The lowest BCUT2D eigenvalue weighted by atomic mass is 10.0. The Labute approximate surface area is 197 Å². The highest BCUT2D eigenvalue weighted by atomic mass is 32.2. The van der Waals surface area contributed by atoms with Crippen molar-refractivity contribution >= 4 is 21.6 Å². The number of benzene rings is 2. The number of sulfonamides is 1. The minimum absolute atomic E-state index is 0.0891. The summed E-state index contributed by atoms with van der Waals surface area (Å²) in [5, 5.41) is 8.98. The smallest absolute Gasteiger partial charge is 0.243 e. The Hall–Kier alpha value is -2.73. The van der Waals surface area contributed by atoms with Crippen molar-refractivity contribution < 1.29 is 13.2 Å². The summed E-state index contributed by atoms with van der Waals surface area (Å²) in [5.41, 5.74) is 4.30. The molecule has 0 unspecified atom stereocenters. The van der Waals surface area contributed by atoms with Crippen LogP contribution in [0.4, 0.5) is 5.69 Å². The predicted octanol–water partition coefficient (Wildman–Crippen LogP) is 3.17. The first-order chi connectivity index (χ1) is 15.7. The number of piperazine rings is 1. The van der Waals surface area contributed by atoms with Crippen LogP contribution in [-0.2, 0) is 14.8 Å². The van der Waals surface area contributed by atoms with E-state index in [0.29, 0.717) is 37.6 Å². The second-order valence-corrected chi connectivity index (χ2v) is 10.4.